The number of nitrogens with one attached hydrogen (secondary N) is 1. The largest absolute Gasteiger partial charge is 0.490 e. The highest BCUT2D eigenvalue weighted by Crippen LogP contribution is 2.37. The molecule has 0 unspecified atom stereocenters. The molecular weight excluding hydrogens is 352 g/mol. The van der Waals surface area contributed by atoms with Crippen LogP contribution in [0.5, 0.6) is 11.5 Å². The van der Waals surface area contributed by atoms with Crippen LogP contribution in [0, 0.1) is 11.3 Å². The quantitative estimate of drug-likeness (QED) is 0.567. The van der Waals surface area contributed by atoms with E-state index in [4.69, 9.17) is 21.1 Å². The lowest BCUT2D eigenvalue weighted by molar-refractivity contribution is -0.112. The van der Waals surface area contributed by atoms with E-state index in [1.165, 1.54) is 6.08 Å². The summed E-state index contributed by atoms with van der Waals surface area (Å²) in [6.07, 6.45) is 1.46. The van der Waals surface area contributed by atoms with Crippen LogP contribution in [0.2, 0.25) is 5.02 Å². The number of nitriles is 1. The van der Waals surface area contributed by atoms with Crippen molar-refractivity contribution in [2.24, 2.45) is 0 Å². The molecule has 6 heteroatoms. The van der Waals surface area contributed by atoms with Crippen molar-refractivity contribution >= 4 is 29.3 Å². The smallest absolute Gasteiger partial charge is 0.266 e. The van der Waals surface area contributed by atoms with Gasteiger partial charge in [0, 0.05) is 5.69 Å². The van der Waals surface area contributed by atoms with E-state index in [0.29, 0.717) is 41.0 Å². The molecule has 0 heterocycles. The first-order chi connectivity index (χ1) is 12.6. The molecular formula is C20H19ClN2O3. The molecule has 2 rings (SSSR count). The molecule has 0 fully saturated rings. The third kappa shape index (κ3) is 5.01. The molecule has 0 aliphatic rings. The van der Waals surface area contributed by atoms with Crippen molar-refractivity contribution in [3.63, 3.8) is 0 Å². The van der Waals surface area contributed by atoms with Crippen molar-refractivity contribution in [1.29, 1.82) is 5.26 Å². The van der Waals surface area contributed by atoms with Crippen LogP contribution in [0.15, 0.2) is 48.0 Å². The number of nitrogens with zero attached hydrogens (tertiary/aromatic N) is 1. The fourth-order valence-electron chi connectivity index (χ4n) is 2.25. The number of anilines is 1. The Morgan fingerprint density at radius 3 is 2.50 bits per heavy atom. The van der Waals surface area contributed by atoms with Gasteiger partial charge in [-0.15, -0.1) is 0 Å². The predicted molar refractivity (Wildman–Crippen MR) is 102 cm³/mol. The number of halogens is 1. The Balaban J connectivity index is 2.33. The maximum Gasteiger partial charge on any atom is 0.266 e. The first-order valence-electron chi connectivity index (χ1n) is 8.16. The van der Waals surface area contributed by atoms with E-state index in [1.807, 2.05) is 26.0 Å². The van der Waals surface area contributed by atoms with Gasteiger partial charge in [-0.25, -0.2) is 0 Å². The lowest BCUT2D eigenvalue weighted by atomic mass is 10.1. The van der Waals surface area contributed by atoms with Gasteiger partial charge in [-0.2, -0.15) is 5.26 Å². The third-order valence-corrected chi connectivity index (χ3v) is 3.61. The summed E-state index contributed by atoms with van der Waals surface area (Å²) in [6.45, 7) is 4.57. The van der Waals surface area contributed by atoms with Crippen molar-refractivity contribution in [3.8, 4) is 17.6 Å². The van der Waals surface area contributed by atoms with Crippen molar-refractivity contribution in [2.45, 2.75) is 13.8 Å². The zero-order chi connectivity index (χ0) is 18.9. The predicted octanol–water partition coefficient (Wildman–Crippen LogP) is 4.68. The zero-order valence-corrected chi connectivity index (χ0v) is 15.3. The molecule has 0 aliphatic heterocycles. The molecule has 1 N–H and O–H groups in total. The van der Waals surface area contributed by atoms with E-state index in [1.54, 1.807) is 36.4 Å². The Morgan fingerprint density at radius 2 is 1.88 bits per heavy atom. The standard InChI is InChI=1S/C20H19ClN2O3/c1-3-25-18-12-14(11-17(21)19(18)26-4-2)10-15(13-22)20(24)23-16-8-6-5-7-9-16/h5-12H,3-4H2,1-2H3,(H,23,24)/b15-10+. The van der Waals surface area contributed by atoms with Gasteiger partial charge in [-0.3, -0.25) is 4.79 Å². The molecule has 26 heavy (non-hydrogen) atoms. The molecule has 0 radical (unpaired) electrons. The van der Waals surface area contributed by atoms with Gasteiger partial charge < -0.3 is 14.8 Å². The van der Waals surface area contributed by atoms with Crippen LogP contribution in [0.4, 0.5) is 5.69 Å². The minimum Gasteiger partial charge on any atom is -0.490 e. The number of ether oxygens (including phenoxy) is 2. The average Bonchev–Trinajstić information content (AvgIpc) is 2.63. The van der Waals surface area contributed by atoms with Gasteiger partial charge in [-0.1, -0.05) is 29.8 Å². The summed E-state index contributed by atoms with van der Waals surface area (Å²) in [5, 5.41) is 12.4. The highest BCUT2D eigenvalue weighted by Gasteiger charge is 2.14. The Morgan fingerprint density at radius 1 is 1.19 bits per heavy atom. The van der Waals surface area contributed by atoms with Gasteiger partial charge in [0.05, 0.1) is 18.2 Å². The molecule has 0 saturated heterocycles. The van der Waals surface area contributed by atoms with Crippen LogP contribution >= 0.6 is 11.6 Å². The first-order valence-corrected chi connectivity index (χ1v) is 8.54. The molecule has 1 amide bonds. The highest BCUT2D eigenvalue weighted by atomic mass is 35.5. The number of carbonyl (C=O) groups excluding carboxylic acids is 1. The van der Waals surface area contributed by atoms with Crippen molar-refractivity contribution < 1.29 is 14.3 Å². The van der Waals surface area contributed by atoms with Gasteiger partial charge in [0.1, 0.15) is 11.6 Å². The molecule has 2 aromatic rings. The topological polar surface area (TPSA) is 71.3 Å². The second-order valence-corrected chi connectivity index (χ2v) is 5.59. The summed E-state index contributed by atoms with van der Waals surface area (Å²) in [4.78, 5) is 12.3. The van der Waals surface area contributed by atoms with Crippen molar-refractivity contribution in [2.75, 3.05) is 18.5 Å². The average molecular weight is 371 g/mol. The zero-order valence-electron chi connectivity index (χ0n) is 14.6. The first kappa shape index (κ1) is 19.4. The molecule has 0 atom stereocenters. The third-order valence-electron chi connectivity index (χ3n) is 3.33. The second kappa shape index (κ2) is 9.50. The summed E-state index contributed by atoms with van der Waals surface area (Å²) in [5.74, 6) is 0.413. The van der Waals surface area contributed by atoms with Crippen LogP contribution in [-0.4, -0.2) is 19.1 Å². The number of carbonyl (C=O) groups is 1. The normalized spacial score (nSPS) is 10.8. The van der Waals surface area contributed by atoms with Crippen LogP contribution in [0.1, 0.15) is 19.4 Å². The Bertz CT molecular complexity index is 842. The van der Waals surface area contributed by atoms with Gasteiger partial charge in [-0.05, 0) is 49.8 Å². The van der Waals surface area contributed by atoms with Crippen LogP contribution in [-0.2, 0) is 4.79 Å². The maximum absolute atomic E-state index is 12.3. The maximum atomic E-state index is 12.3. The van der Waals surface area contributed by atoms with Gasteiger partial charge in [0.2, 0.25) is 0 Å². The van der Waals surface area contributed by atoms with Crippen molar-refractivity contribution in [3.05, 3.63) is 58.6 Å². The van der Waals surface area contributed by atoms with E-state index >= 15 is 0 Å². The molecule has 0 bridgehead atoms. The fourth-order valence-corrected chi connectivity index (χ4v) is 2.53. The number of rotatable bonds is 7. The van der Waals surface area contributed by atoms with E-state index in [9.17, 15) is 10.1 Å². The molecule has 0 spiro atoms. The van der Waals surface area contributed by atoms with Crippen molar-refractivity contribution in [1.82, 2.24) is 0 Å². The highest BCUT2D eigenvalue weighted by molar-refractivity contribution is 6.32. The van der Waals surface area contributed by atoms with E-state index in [-0.39, 0.29) is 5.57 Å². The van der Waals surface area contributed by atoms with E-state index < -0.39 is 5.91 Å². The fraction of sp³-hybridized carbons (Fsp3) is 0.200. The minimum absolute atomic E-state index is 0.0449. The summed E-state index contributed by atoms with van der Waals surface area (Å²) in [6, 6.07) is 14.2. The number of benzene rings is 2. The Labute approximate surface area is 157 Å². The molecule has 5 nitrogen and oxygen atoms in total. The molecule has 0 saturated carbocycles. The second-order valence-electron chi connectivity index (χ2n) is 5.19. The summed E-state index contributed by atoms with van der Waals surface area (Å²) in [5.41, 5.74) is 1.14. The number of amides is 1. The molecule has 134 valence electrons. The number of para-hydroxylation sites is 1. The summed E-state index contributed by atoms with van der Waals surface area (Å²) < 4.78 is 11.1. The lowest BCUT2D eigenvalue weighted by Gasteiger charge is -2.13. The Hall–Kier alpha value is -2.97. The van der Waals surface area contributed by atoms with Crippen LogP contribution in [0.25, 0.3) is 6.08 Å². The number of hydrogen-bond donors (Lipinski definition) is 1. The molecule has 0 aliphatic carbocycles. The molecule has 0 aromatic heterocycles. The Kier molecular flexibility index (Phi) is 7.07. The monoisotopic (exact) mass is 370 g/mol. The summed E-state index contributed by atoms with van der Waals surface area (Å²) >= 11 is 6.27. The lowest BCUT2D eigenvalue weighted by Crippen LogP contribution is -2.13. The number of hydrogen-bond acceptors (Lipinski definition) is 4. The van der Waals surface area contributed by atoms with Crippen LogP contribution < -0.4 is 14.8 Å². The van der Waals surface area contributed by atoms with E-state index in [2.05, 4.69) is 5.32 Å². The van der Waals surface area contributed by atoms with E-state index in [0.717, 1.165) is 0 Å². The van der Waals surface area contributed by atoms with Gasteiger partial charge in [0.15, 0.2) is 11.5 Å². The van der Waals surface area contributed by atoms with Gasteiger partial charge in [0.25, 0.3) is 5.91 Å². The summed E-state index contributed by atoms with van der Waals surface area (Å²) in [7, 11) is 0. The molecule has 2 aromatic carbocycles. The minimum atomic E-state index is -0.498. The van der Waals surface area contributed by atoms with Gasteiger partial charge >= 0.3 is 0 Å². The SMILES string of the molecule is CCOc1cc(/C=C(\C#N)C(=O)Nc2ccccc2)cc(Cl)c1OCC. The van der Waals surface area contributed by atoms with Crippen LogP contribution in [0.3, 0.4) is 0 Å².